The molecule has 0 fully saturated rings. The number of nitrogens with one attached hydrogen (secondary N) is 1. The van der Waals surface area contributed by atoms with Gasteiger partial charge in [-0.1, -0.05) is 19.1 Å². The molecule has 1 aliphatic rings. The van der Waals surface area contributed by atoms with E-state index >= 15 is 0 Å². The average Bonchev–Trinajstić information content (AvgIpc) is 3.21. The van der Waals surface area contributed by atoms with Gasteiger partial charge in [-0.05, 0) is 44.9 Å². The largest absolute Gasteiger partial charge is 0.481 e. The molecule has 0 saturated carbocycles. The van der Waals surface area contributed by atoms with Crippen molar-refractivity contribution in [2.75, 3.05) is 5.32 Å². The highest BCUT2D eigenvalue weighted by Gasteiger charge is 2.37. The van der Waals surface area contributed by atoms with E-state index in [4.69, 9.17) is 4.99 Å². The minimum absolute atomic E-state index is 0.413. The van der Waals surface area contributed by atoms with Crippen LogP contribution in [0.4, 0.5) is 5.69 Å². The van der Waals surface area contributed by atoms with Crippen LogP contribution in [-0.4, -0.2) is 38.0 Å². The van der Waals surface area contributed by atoms with Crippen molar-refractivity contribution >= 4 is 35.1 Å². The van der Waals surface area contributed by atoms with E-state index in [1.807, 2.05) is 30.5 Å². The third-order valence-electron chi connectivity index (χ3n) is 5.71. The van der Waals surface area contributed by atoms with Gasteiger partial charge < -0.3 is 10.4 Å². The smallest absolute Gasteiger partial charge is 0.309 e. The molecule has 1 aromatic carbocycles. The maximum absolute atomic E-state index is 12.1. The predicted octanol–water partition coefficient (Wildman–Crippen LogP) is 3.83. The number of thiophene rings is 1. The minimum Gasteiger partial charge on any atom is -0.481 e. The molecule has 0 aliphatic carbocycles. The number of aliphatic carboxylic acids is 1. The summed E-state index contributed by atoms with van der Waals surface area (Å²) in [6.07, 6.45) is 1.04. The molecule has 3 heterocycles. The summed E-state index contributed by atoms with van der Waals surface area (Å²) in [6, 6.07) is 6.71. The van der Waals surface area contributed by atoms with Crippen molar-refractivity contribution in [3.63, 3.8) is 0 Å². The molecule has 0 spiro atoms. The van der Waals surface area contributed by atoms with Crippen LogP contribution in [0.1, 0.15) is 52.6 Å². The van der Waals surface area contributed by atoms with Gasteiger partial charge in [0.1, 0.15) is 16.9 Å². The quantitative estimate of drug-likeness (QED) is 0.570. The van der Waals surface area contributed by atoms with Crippen LogP contribution in [0.3, 0.4) is 0 Å². The highest BCUT2D eigenvalue weighted by atomic mass is 32.1. The summed E-state index contributed by atoms with van der Waals surface area (Å²) < 4.78 is 1.95. The number of fused-ring (bicyclic) bond motifs is 3. The molecule has 2 aromatic heterocycles. The lowest BCUT2D eigenvalue weighted by molar-refractivity contribution is -0.142. The maximum atomic E-state index is 12.1. The first kappa shape index (κ1) is 20.9. The molecule has 0 radical (unpaired) electrons. The molecule has 4 rings (SSSR count). The Kier molecular flexibility index (Phi) is 5.45. The first-order valence-electron chi connectivity index (χ1n) is 10.0. The Morgan fingerprint density at radius 3 is 2.58 bits per heavy atom. The van der Waals surface area contributed by atoms with Gasteiger partial charge in [-0.3, -0.25) is 19.1 Å². The number of anilines is 1. The summed E-state index contributed by atoms with van der Waals surface area (Å²) in [6.45, 7) is 7.83. The lowest BCUT2D eigenvalue weighted by Crippen LogP contribution is -2.23. The van der Waals surface area contributed by atoms with Gasteiger partial charge in [-0.15, -0.1) is 21.5 Å². The molecular formula is C22H23N5O3S. The number of carboxylic acids is 1. The van der Waals surface area contributed by atoms with E-state index in [-0.39, 0.29) is 0 Å². The van der Waals surface area contributed by atoms with Crippen LogP contribution in [-0.2, 0) is 9.59 Å². The number of nitrogens with zero attached hydrogens (tertiary/aromatic N) is 4. The fourth-order valence-electron chi connectivity index (χ4n) is 3.94. The van der Waals surface area contributed by atoms with E-state index in [2.05, 4.69) is 29.4 Å². The third kappa shape index (κ3) is 3.44. The van der Waals surface area contributed by atoms with E-state index in [1.165, 1.54) is 0 Å². The first-order valence-corrected chi connectivity index (χ1v) is 10.8. The monoisotopic (exact) mass is 437 g/mol. The Hall–Kier alpha value is -3.33. The molecule has 2 atom stereocenters. The van der Waals surface area contributed by atoms with Gasteiger partial charge in [0.05, 0.1) is 11.6 Å². The zero-order valence-corrected chi connectivity index (χ0v) is 18.5. The second kappa shape index (κ2) is 8.07. The van der Waals surface area contributed by atoms with E-state index < -0.39 is 17.9 Å². The van der Waals surface area contributed by atoms with Crippen LogP contribution >= 0.6 is 11.3 Å². The summed E-state index contributed by atoms with van der Waals surface area (Å²) >= 11 is 1.63. The van der Waals surface area contributed by atoms with E-state index in [9.17, 15) is 14.7 Å². The molecule has 1 aliphatic heterocycles. The minimum atomic E-state index is -0.911. The molecule has 3 aromatic rings. The lowest BCUT2D eigenvalue weighted by Gasteiger charge is -2.18. The van der Waals surface area contributed by atoms with Gasteiger partial charge in [-0.2, -0.15) is 0 Å². The number of hydrogen-bond donors (Lipinski definition) is 2. The third-order valence-corrected chi connectivity index (χ3v) is 6.90. The van der Waals surface area contributed by atoms with Crippen LogP contribution in [0.15, 0.2) is 29.3 Å². The number of hydrogen-bond acceptors (Lipinski definition) is 6. The number of benzene rings is 1. The molecule has 8 nitrogen and oxygen atoms in total. The Morgan fingerprint density at radius 1 is 1.26 bits per heavy atom. The van der Waals surface area contributed by atoms with Crippen molar-refractivity contribution < 1.29 is 14.7 Å². The van der Waals surface area contributed by atoms with Gasteiger partial charge in [0.25, 0.3) is 0 Å². The molecule has 1 amide bonds. The van der Waals surface area contributed by atoms with E-state index in [1.54, 1.807) is 23.5 Å². The average molecular weight is 438 g/mol. The zero-order valence-electron chi connectivity index (χ0n) is 17.7. The second-order valence-electron chi connectivity index (χ2n) is 7.52. The van der Waals surface area contributed by atoms with Gasteiger partial charge in [0.2, 0.25) is 6.41 Å². The van der Waals surface area contributed by atoms with Gasteiger partial charge in [0.15, 0.2) is 5.82 Å². The summed E-state index contributed by atoms with van der Waals surface area (Å²) in [4.78, 5) is 29.0. The van der Waals surface area contributed by atoms with Crippen molar-refractivity contribution in [3.8, 4) is 5.00 Å². The number of amides is 1. The van der Waals surface area contributed by atoms with Gasteiger partial charge in [0, 0.05) is 21.7 Å². The fourth-order valence-corrected chi connectivity index (χ4v) is 5.16. The number of aromatic nitrogens is 3. The Balaban J connectivity index is 2.01. The fraction of sp³-hybridized carbons (Fsp3) is 0.318. The summed E-state index contributed by atoms with van der Waals surface area (Å²) in [5.41, 5.74) is 4.31. The van der Waals surface area contributed by atoms with Crippen LogP contribution in [0.5, 0.6) is 0 Å². The molecule has 0 saturated heterocycles. The molecule has 31 heavy (non-hydrogen) atoms. The summed E-state index contributed by atoms with van der Waals surface area (Å²) in [7, 11) is 0. The highest BCUT2D eigenvalue weighted by Crippen LogP contribution is 2.41. The van der Waals surface area contributed by atoms with Crippen molar-refractivity contribution in [3.05, 3.63) is 57.5 Å². The van der Waals surface area contributed by atoms with Gasteiger partial charge >= 0.3 is 5.97 Å². The number of aryl methyl sites for hydroxylation is 2. The van der Waals surface area contributed by atoms with Crippen LogP contribution < -0.4 is 5.32 Å². The predicted molar refractivity (Wildman–Crippen MR) is 119 cm³/mol. The topological polar surface area (TPSA) is 109 Å². The number of rotatable bonds is 6. The molecular weight excluding hydrogens is 414 g/mol. The Bertz CT molecular complexity index is 1190. The van der Waals surface area contributed by atoms with E-state index in [0.717, 1.165) is 32.3 Å². The van der Waals surface area contributed by atoms with Crippen molar-refractivity contribution in [1.82, 2.24) is 14.8 Å². The van der Waals surface area contributed by atoms with Gasteiger partial charge in [-0.25, -0.2) is 0 Å². The SMILES string of the molecule is CCC(C(=O)O)C1N=C(c2ccc(NC=O)cc2)c2c(sc(C)c2C)-n2c(C)nnc21. The van der Waals surface area contributed by atoms with Crippen molar-refractivity contribution in [2.24, 2.45) is 10.9 Å². The van der Waals surface area contributed by atoms with Crippen molar-refractivity contribution in [1.29, 1.82) is 0 Å². The second-order valence-corrected chi connectivity index (χ2v) is 8.72. The normalized spacial score (nSPS) is 16.0. The Labute approximate surface area is 183 Å². The molecule has 2 unspecified atom stereocenters. The highest BCUT2D eigenvalue weighted by molar-refractivity contribution is 7.15. The Morgan fingerprint density at radius 2 is 1.97 bits per heavy atom. The number of carboxylic acid groups (broad SMARTS) is 1. The first-order chi connectivity index (χ1) is 14.9. The molecule has 9 heteroatoms. The number of carbonyl (C=O) groups is 2. The number of aliphatic imine (C=N–C) groups is 1. The van der Waals surface area contributed by atoms with Crippen molar-refractivity contribution in [2.45, 2.75) is 40.2 Å². The van der Waals surface area contributed by atoms with Crippen LogP contribution in [0, 0.1) is 26.7 Å². The van der Waals surface area contributed by atoms with Crippen LogP contribution in [0.25, 0.3) is 5.00 Å². The maximum Gasteiger partial charge on any atom is 0.309 e. The summed E-state index contributed by atoms with van der Waals surface area (Å²) in [5, 5.41) is 22.1. The standard InChI is InChI=1S/C22H23N5O3S/c1-5-16(22(29)30)19-20-26-25-13(4)27(20)21-17(11(2)12(3)31-21)18(24-19)14-6-8-15(9-7-14)23-10-28/h6-10,16,19H,5H2,1-4H3,(H,23,28)(H,29,30). The lowest BCUT2D eigenvalue weighted by atomic mass is 9.95. The molecule has 0 bridgehead atoms. The zero-order chi connectivity index (χ0) is 22.3. The molecule has 160 valence electrons. The van der Waals surface area contributed by atoms with Crippen LogP contribution in [0.2, 0.25) is 0 Å². The summed E-state index contributed by atoms with van der Waals surface area (Å²) in [5.74, 6) is -0.400. The number of carbonyl (C=O) groups excluding carboxylic acids is 1. The van der Waals surface area contributed by atoms with E-state index in [0.29, 0.717) is 30.2 Å². The molecule has 2 N–H and O–H groups in total.